The van der Waals surface area contributed by atoms with Gasteiger partial charge in [-0.2, -0.15) is 0 Å². The summed E-state index contributed by atoms with van der Waals surface area (Å²) in [5, 5.41) is 0. The summed E-state index contributed by atoms with van der Waals surface area (Å²) in [4.78, 5) is 14.4. The van der Waals surface area contributed by atoms with Gasteiger partial charge < -0.3 is 9.64 Å². The number of nitrogens with zero attached hydrogens (tertiary/aromatic N) is 1. The van der Waals surface area contributed by atoms with Crippen LogP contribution in [0.4, 0.5) is 0 Å². The van der Waals surface area contributed by atoms with Gasteiger partial charge in [0.1, 0.15) is 6.73 Å². The molecule has 0 rings (SSSR count). The molecule has 0 saturated carbocycles. The van der Waals surface area contributed by atoms with Gasteiger partial charge in [-0.05, 0) is 23.7 Å². The van der Waals surface area contributed by atoms with Gasteiger partial charge in [-0.1, -0.05) is 54.9 Å². The lowest BCUT2D eigenvalue weighted by molar-refractivity contribution is -0.144. The second kappa shape index (κ2) is 8.02. The average molecular weight is 285 g/mol. The van der Waals surface area contributed by atoms with Gasteiger partial charge in [-0.25, -0.2) is 0 Å². The molecule has 0 spiro atoms. The van der Waals surface area contributed by atoms with Gasteiger partial charge in [0.25, 0.3) is 0 Å². The van der Waals surface area contributed by atoms with Crippen LogP contribution in [0.3, 0.4) is 0 Å². The lowest BCUT2D eigenvalue weighted by Crippen LogP contribution is -2.42. The summed E-state index contributed by atoms with van der Waals surface area (Å²) in [6, 6.07) is 0. The number of amides is 1. The van der Waals surface area contributed by atoms with Crippen LogP contribution in [-0.2, 0) is 9.53 Å². The van der Waals surface area contributed by atoms with Crippen molar-refractivity contribution in [1.29, 1.82) is 0 Å². The van der Waals surface area contributed by atoms with Crippen LogP contribution in [0.2, 0.25) is 0 Å². The fourth-order valence-electron chi connectivity index (χ4n) is 2.15. The first-order valence-corrected chi connectivity index (χ1v) is 7.81. The summed E-state index contributed by atoms with van der Waals surface area (Å²) in [5.74, 6) is 0.228. The monoisotopic (exact) mass is 285 g/mol. The minimum Gasteiger partial charge on any atom is -0.361 e. The molecule has 1 unspecified atom stereocenters. The number of hydrogen-bond acceptors (Lipinski definition) is 2. The molecule has 0 saturated heterocycles. The smallest absolute Gasteiger partial charge is 0.227 e. The fraction of sp³-hybridized carbons (Fsp3) is 0.941. The quantitative estimate of drug-likeness (QED) is 0.515. The van der Waals surface area contributed by atoms with Crippen LogP contribution in [0.25, 0.3) is 0 Å². The van der Waals surface area contributed by atoms with Crippen LogP contribution in [0, 0.1) is 16.7 Å². The first-order chi connectivity index (χ1) is 8.99. The molecule has 3 nitrogen and oxygen atoms in total. The average Bonchev–Trinajstić information content (AvgIpc) is 2.28. The van der Waals surface area contributed by atoms with Crippen LogP contribution in [0.15, 0.2) is 0 Å². The van der Waals surface area contributed by atoms with E-state index in [0.717, 1.165) is 25.9 Å². The Morgan fingerprint density at radius 3 is 2.10 bits per heavy atom. The third kappa shape index (κ3) is 7.88. The molecule has 0 aliphatic carbocycles. The molecule has 0 fully saturated rings. The number of unbranched alkanes of at least 4 members (excludes halogenated alkanes) is 1. The number of rotatable bonds is 7. The topological polar surface area (TPSA) is 29.5 Å². The standard InChI is InChI=1S/C17H35NO2/c1-9-10-11-20-13-18(8)15(19)14(17(5,6)7)12-16(2,3)4/h14H,9-13H2,1-8H3. The van der Waals surface area contributed by atoms with Crippen LogP contribution in [0.5, 0.6) is 0 Å². The van der Waals surface area contributed by atoms with E-state index < -0.39 is 0 Å². The molecule has 0 aromatic carbocycles. The summed E-state index contributed by atoms with van der Waals surface area (Å²) in [6.45, 7) is 16.3. The Labute approximate surface area is 126 Å². The van der Waals surface area contributed by atoms with Crippen molar-refractivity contribution in [2.24, 2.45) is 16.7 Å². The first-order valence-electron chi connectivity index (χ1n) is 7.81. The predicted molar refractivity (Wildman–Crippen MR) is 85.5 cm³/mol. The second-order valence-corrected chi connectivity index (χ2v) is 8.11. The van der Waals surface area contributed by atoms with Crippen molar-refractivity contribution in [3.05, 3.63) is 0 Å². The largest absolute Gasteiger partial charge is 0.361 e. The van der Waals surface area contributed by atoms with Gasteiger partial charge in [0.15, 0.2) is 0 Å². The molecule has 0 aliphatic rings. The van der Waals surface area contributed by atoms with E-state index in [1.54, 1.807) is 4.90 Å². The summed E-state index contributed by atoms with van der Waals surface area (Å²) in [5.41, 5.74) is 0.125. The van der Waals surface area contributed by atoms with Gasteiger partial charge in [0, 0.05) is 19.6 Å². The van der Waals surface area contributed by atoms with Crippen molar-refractivity contribution in [3.63, 3.8) is 0 Å². The molecule has 20 heavy (non-hydrogen) atoms. The number of carbonyl (C=O) groups excluding carboxylic acids is 1. The summed E-state index contributed by atoms with van der Waals surface area (Å²) >= 11 is 0. The molecule has 3 heteroatoms. The molecule has 0 heterocycles. The fourth-order valence-corrected chi connectivity index (χ4v) is 2.15. The van der Waals surface area contributed by atoms with Crippen LogP contribution >= 0.6 is 0 Å². The summed E-state index contributed by atoms with van der Waals surface area (Å²) in [6.07, 6.45) is 3.06. The number of ether oxygens (including phenoxy) is 1. The highest BCUT2D eigenvalue weighted by Gasteiger charge is 2.36. The first kappa shape index (κ1) is 19.4. The zero-order valence-corrected chi connectivity index (χ0v) is 14.9. The molecule has 0 aliphatic heterocycles. The molecule has 1 amide bonds. The van der Waals surface area contributed by atoms with Crippen molar-refractivity contribution in [2.45, 2.75) is 67.7 Å². The van der Waals surface area contributed by atoms with Gasteiger partial charge in [-0.15, -0.1) is 0 Å². The Morgan fingerprint density at radius 2 is 1.70 bits per heavy atom. The normalized spacial score (nSPS) is 14.2. The number of carbonyl (C=O) groups is 1. The van der Waals surface area contributed by atoms with E-state index >= 15 is 0 Å². The third-order valence-corrected chi connectivity index (χ3v) is 3.46. The van der Waals surface area contributed by atoms with Gasteiger partial charge >= 0.3 is 0 Å². The maximum Gasteiger partial charge on any atom is 0.227 e. The van der Waals surface area contributed by atoms with E-state index in [0.29, 0.717) is 6.73 Å². The molecule has 0 bridgehead atoms. The molecule has 0 radical (unpaired) electrons. The minimum absolute atomic E-state index is 0.0258. The van der Waals surface area contributed by atoms with Crippen molar-refractivity contribution < 1.29 is 9.53 Å². The second-order valence-electron chi connectivity index (χ2n) is 8.11. The summed E-state index contributed by atoms with van der Waals surface area (Å²) in [7, 11) is 1.84. The zero-order valence-electron chi connectivity index (χ0n) is 14.9. The van der Waals surface area contributed by atoms with Crippen molar-refractivity contribution in [2.75, 3.05) is 20.4 Å². The van der Waals surface area contributed by atoms with Gasteiger partial charge in [-0.3, -0.25) is 4.79 Å². The maximum atomic E-state index is 12.7. The van der Waals surface area contributed by atoms with E-state index in [-0.39, 0.29) is 22.7 Å². The molecule has 0 N–H and O–H groups in total. The molecule has 120 valence electrons. The Bertz CT molecular complexity index is 286. The highest BCUT2D eigenvalue weighted by atomic mass is 16.5. The Balaban J connectivity index is 4.62. The number of hydrogen-bond donors (Lipinski definition) is 0. The highest BCUT2D eigenvalue weighted by molar-refractivity contribution is 5.79. The minimum atomic E-state index is -0.0258. The van der Waals surface area contributed by atoms with E-state index in [4.69, 9.17) is 4.74 Å². The SMILES string of the molecule is CCCCOCN(C)C(=O)C(CC(C)(C)C)C(C)(C)C. The van der Waals surface area contributed by atoms with Gasteiger partial charge in [0.05, 0.1) is 0 Å². The van der Waals surface area contributed by atoms with Crippen molar-refractivity contribution >= 4 is 5.91 Å². The third-order valence-electron chi connectivity index (χ3n) is 3.46. The van der Waals surface area contributed by atoms with Crippen LogP contribution in [-0.4, -0.2) is 31.2 Å². The van der Waals surface area contributed by atoms with Crippen LogP contribution in [0.1, 0.15) is 67.7 Å². The Hall–Kier alpha value is -0.570. The van der Waals surface area contributed by atoms with E-state index in [2.05, 4.69) is 48.5 Å². The maximum absolute atomic E-state index is 12.7. The lowest BCUT2D eigenvalue weighted by atomic mass is 9.71. The van der Waals surface area contributed by atoms with E-state index in [9.17, 15) is 4.79 Å². The molecule has 0 aromatic heterocycles. The Kier molecular flexibility index (Phi) is 7.79. The highest BCUT2D eigenvalue weighted by Crippen LogP contribution is 2.37. The summed E-state index contributed by atoms with van der Waals surface area (Å²) < 4.78 is 5.56. The Morgan fingerprint density at radius 1 is 1.15 bits per heavy atom. The van der Waals surface area contributed by atoms with Crippen molar-refractivity contribution in [3.8, 4) is 0 Å². The zero-order chi connectivity index (χ0) is 16.0. The molecular formula is C17H35NO2. The van der Waals surface area contributed by atoms with E-state index in [1.807, 2.05) is 7.05 Å². The van der Waals surface area contributed by atoms with Gasteiger partial charge in [0.2, 0.25) is 5.91 Å². The molecule has 0 aromatic rings. The molecular weight excluding hydrogens is 250 g/mol. The predicted octanol–water partition coefficient (Wildman–Crippen LogP) is 4.32. The van der Waals surface area contributed by atoms with E-state index in [1.165, 1.54) is 0 Å². The lowest BCUT2D eigenvalue weighted by Gasteiger charge is -2.36. The molecule has 1 atom stereocenters. The van der Waals surface area contributed by atoms with Crippen molar-refractivity contribution in [1.82, 2.24) is 4.90 Å². The van der Waals surface area contributed by atoms with Crippen LogP contribution < -0.4 is 0 Å².